The van der Waals surface area contributed by atoms with Crippen LogP contribution in [0.5, 0.6) is 0 Å². The van der Waals surface area contributed by atoms with Gasteiger partial charge in [-0.05, 0) is 19.8 Å². The number of carboxylic acids is 1. The van der Waals surface area contributed by atoms with Crippen molar-refractivity contribution in [3.63, 3.8) is 0 Å². The Bertz CT molecular complexity index is 247. The Morgan fingerprint density at radius 1 is 1.28 bits per heavy atom. The van der Waals surface area contributed by atoms with E-state index in [1.54, 1.807) is 0 Å². The molecule has 0 spiro atoms. The minimum absolute atomic E-state index is 0.308. The van der Waals surface area contributed by atoms with Crippen molar-refractivity contribution in [1.29, 1.82) is 0 Å². The first-order valence-electron chi connectivity index (χ1n) is 5.94. The molecule has 0 aliphatic rings. The number of esters is 1. The fraction of sp³-hybridized carbons (Fsp3) is 0.833. The van der Waals surface area contributed by atoms with E-state index in [1.165, 1.54) is 14.0 Å². The lowest BCUT2D eigenvalue weighted by Gasteiger charge is -2.15. The molecule has 2 atom stereocenters. The lowest BCUT2D eigenvalue weighted by Crippen LogP contribution is -2.34. The van der Waals surface area contributed by atoms with Crippen molar-refractivity contribution in [2.75, 3.05) is 7.11 Å². The summed E-state index contributed by atoms with van der Waals surface area (Å²) in [5.41, 5.74) is -1.53. The van der Waals surface area contributed by atoms with Crippen LogP contribution in [0.25, 0.3) is 0 Å². The van der Waals surface area contributed by atoms with Crippen molar-refractivity contribution in [2.24, 2.45) is 0 Å². The van der Waals surface area contributed by atoms with Crippen LogP contribution in [0.4, 0.5) is 0 Å². The van der Waals surface area contributed by atoms with Gasteiger partial charge in [-0.1, -0.05) is 26.7 Å². The summed E-state index contributed by atoms with van der Waals surface area (Å²) in [6.45, 7) is 5.03. The fourth-order valence-corrected chi connectivity index (χ4v) is 1.12. The molecule has 6 heteroatoms. The van der Waals surface area contributed by atoms with E-state index < -0.39 is 23.6 Å². The molecule has 0 radical (unpaired) electrons. The zero-order valence-electron chi connectivity index (χ0n) is 11.5. The first kappa shape index (κ1) is 19.2. The van der Waals surface area contributed by atoms with Crippen LogP contribution in [0.2, 0.25) is 0 Å². The predicted molar refractivity (Wildman–Crippen MR) is 66.1 cm³/mol. The monoisotopic (exact) mass is 264 g/mol. The molecular formula is C12H24O6. The Morgan fingerprint density at radius 3 is 2.00 bits per heavy atom. The zero-order chi connectivity index (χ0) is 14.8. The standard InChI is InChI=1S/2C6H12O3/c1-3-4-6(2,9)5(7)8;1-3-4-5(7)6(8)9-2/h9H,3-4H2,1-2H3,(H,7,8);5,7H,3-4H2,1-2H3. The summed E-state index contributed by atoms with van der Waals surface area (Å²) >= 11 is 0. The lowest BCUT2D eigenvalue weighted by atomic mass is 10.0. The van der Waals surface area contributed by atoms with Gasteiger partial charge in [0.1, 0.15) is 0 Å². The molecule has 0 aromatic carbocycles. The van der Waals surface area contributed by atoms with Crippen LogP contribution in [0.1, 0.15) is 46.5 Å². The highest BCUT2D eigenvalue weighted by Crippen LogP contribution is 2.10. The molecule has 3 N–H and O–H groups in total. The summed E-state index contributed by atoms with van der Waals surface area (Å²) in [6.07, 6.45) is 1.32. The molecular weight excluding hydrogens is 240 g/mol. The second-order valence-electron chi connectivity index (χ2n) is 4.16. The maximum absolute atomic E-state index is 10.4. The van der Waals surface area contributed by atoms with Gasteiger partial charge in [-0.2, -0.15) is 0 Å². The predicted octanol–water partition coefficient (Wildman–Crippen LogP) is 0.942. The highest BCUT2D eigenvalue weighted by atomic mass is 16.5. The van der Waals surface area contributed by atoms with Crippen LogP contribution >= 0.6 is 0 Å². The summed E-state index contributed by atoms with van der Waals surface area (Å²) in [5.74, 6) is -1.69. The normalized spacial score (nSPS) is 14.8. The van der Waals surface area contributed by atoms with E-state index in [2.05, 4.69) is 4.74 Å². The smallest absolute Gasteiger partial charge is 0.335 e. The first-order valence-corrected chi connectivity index (χ1v) is 5.94. The number of carbonyl (C=O) groups is 2. The molecule has 0 amide bonds. The van der Waals surface area contributed by atoms with Crippen molar-refractivity contribution in [1.82, 2.24) is 0 Å². The summed E-state index contributed by atoms with van der Waals surface area (Å²) in [4.78, 5) is 20.6. The quantitative estimate of drug-likeness (QED) is 0.617. The van der Waals surface area contributed by atoms with Gasteiger partial charge < -0.3 is 20.1 Å². The average Bonchev–Trinajstić information content (AvgIpc) is 2.29. The van der Waals surface area contributed by atoms with E-state index in [1.807, 2.05) is 13.8 Å². The third-order valence-electron chi connectivity index (χ3n) is 2.23. The summed E-state index contributed by atoms with van der Waals surface area (Å²) in [6, 6.07) is 0. The van der Waals surface area contributed by atoms with E-state index in [0.717, 1.165) is 6.42 Å². The van der Waals surface area contributed by atoms with Crippen LogP contribution in [-0.2, 0) is 14.3 Å². The Labute approximate surface area is 108 Å². The highest BCUT2D eigenvalue weighted by Gasteiger charge is 2.27. The van der Waals surface area contributed by atoms with Gasteiger partial charge in [0.15, 0.2) is 11.7 Å². The second kappa shape index (κ2) is 9.85. The molecule has 0 heterocycles. The molecule has 0 bridgehead atoms. The number of hydrogen-bond acceptors (Lipinski definition) is 5. The van der Waals surface area contributed by atoms with E-state index in [0.29, 0.717) is 19.3 Å². The molecule has 0 rings (SSSR count). The maximum atomic E-state index is 10.4. The molecule has 6 nitrogen and oxygen atoms in total. The number of ether oxygens (including phenoxy) is 1. The van der Waals surface area contributed by atoms with Gasteiger partial charge in [-0.25, -0.2) is 9.59 Å². The molecule has 18 heavy (non-hydrogen) atoms. The average molecular weight is 264 g/mol. The van der Waals surface area contributed by atoms with Gasteiger partial charge in [0, 0.05) is 0 Å². The highest BCUT2D eigenvalue weighted by molar-refractivity contribution is 5.76. The SMILES string of the molecule is CCCC(C)(O)C(=O)O.CCCC(O)C(=O)OC. The fourth-order valence-electron chi connectivity index (χ4n) is 1.12. The van der Waals surface area contributed by atoms with Gasteiger partial charge in [0.2, 0.25) is 0 Å². The number of aliphatic hydroxyl groups is 2. The van der Waals surface area contributed by atoms with Crippen molar-refractivity contribution < 1.29 is 29.6 Å². The van der Waals surface area contributed by atoms with Crippen LogP contribution in [0, 0.1) is 0 Å². The van der Waals surface area contributed by atoms with E-state index in [4.69, 9.17) is 15.3 Å². The van der Waals surface area contributed by atoms with E-state index in [9.17, 15) is 9.59 Å². The van der Waals surface area contributed by atoms with Gasteiger partial charge in [-0.3, -0.25) is 0 Å². The van der Waals surface area contributed by atoms with E-state index in [-0.39, 0.29) is 0 Å². The largest absolute Gasteiger partial charge is 0.479 e. The number of rotatable bonds is 6. The number of hydrogen-bond donors (Lipinski definition) is 3. The van der Waals surface area contributed by atoms with Crippen molar-refractivity contribution in [2.45, 2.75) is 58.2 Å². The molecule has 0 aliphatic heterocycles. The molecule has 2 unspecified atom stereocenters. The Balaban J connectivity index is 0. The Hall–Kier alpha value is -1.14. The van der Waals surface area contributed by atoms with Crippen molar-refractivity contribution in [3.05, 3.63) is 0 Å². The zero-order valence-corrected chi connectivity index (χ0v) is 11.5. The van der Waals surface area contributed by atoms with Gasteiger partial charge in [-0.15, -0.1) is 0 Å². The molecule has 0 aromatic heterocycles. The number of methoxy groups -OCH3 is 1. The lowest BCUT2D eigenvalue weighted by molar-refractivity contribution is -0.157. The third kappa shape index (κ3) is 8.95. The second-order valence-corrected chi connectivity index (χ2v) is 4.16. The van der Waals surface area contributed by atoms with Crippen LogP contribution < -0.4 is 0 Å². The third-order valence-corrected chi connectivity index (χ3v) is 2.23. The molecule has 0 fully saturated rings. The molecule has 0 aromatic rings. The van der Waals surface area contributed by atoms with Crippen molar-refractivity contribution in [3.8, 4) is 0 Å². The topological polar surface area (TPSA) is 104 Å². The number of aliphatic hydroxyl groups excluding tert-OH is 1. The summed E-state index contributed by atoms with van der Waals surface area (Å²) in [5, 5.41) is 26.2. The molecule has 0 saturated heterocycles. The van der Waals surface area contributed by atoms with E-state index >= 15 is 0 Å². The molecule has 108 valence electrons. The van der Waals surface area contributed by atoms with Crippen molar-refractivity contribution >= 4 is 11.9 Å². The van der Waals surface area contributed by atoms with Crippen LogP contribution in [0.15, 0.2) is 0 Å². The number of aliphatic carboxylic acids is 1. The number of carbonyl (C=O) groups excluding carboxylic acids is 1. The molecule has 0 saturated carbocycles. The number of carboxylic acid groups (broad SMARTS) is 1. The van der Waals surface area contributed by atoms with Gasteiger partial charge >= 0.3 is 11.9 Å². The van der Waals surface area contributed by atoms with Gasteiger partial charge in [0.25, 0.3) is 0 Å². The van der Waals surface area contributed by atoms with Crippen LogP contribution in [0.3, 0.4) is 0 Å². The minimum atomic E-state index is -1.53. The van der Waals surface area contributed by atoms with Gasteiger partial charge in [0.05, 0.1) is 7.11 Å². The summed E-state index contributed by atoms with van der Waals surface area (Å²) in [7, 11) is 1.27. The molecule has 0 aliphatic carbocycles. The maximum Gasteiger partial charge on any atom is 0.335 e. The van der Waals surface area contributed by atoms with Crippen LogP contribution in [-0.4, -0.2) is 46.1 Å². The Morgan fingerprint density at radius 2 is 1.78 bits per heavy atom. The Kier molecular flexibility index (Phi) is 10.5. The minimum Gasteiger partial charge on any atom is -0.479 e. The summed E-state index contributed by atoms with van der Waals surface area (Å²) < 4.78 is 4.28. The first-order chi connectivity index (χ1) is 8.22.